The average Bonchev–Trinajstić information content (AvgIpc) is 2.58. The van der Waals surface area contributed by atoms with Crippen molar-refractivity contribution in [2.24, 2.45) is 4.99 Å². The largest absolute Gasteiger partial charge is 0.277 e. The average molecular weight is 328 g/mol. The normalized spacial score (nSPS) is 17.9. The van der Waals surface area contributed by atoms with E-state index >= 15 is 0 Å². The molecule has 0 radical (unpaired) electrons. The number of rotatable bonds is 1. The Bertz CT molecular complexity index is 1010. The fourth-order valence-electron chi connectivity index (χ4n) is 3.90. The van der Waals surface area contributed by atoms with Crippen LogP contribution in [0.3, 0.4) is 0 Å². The van der Waals surface area contributed by atoms with Gasteiger partial charge in [-0.2, -0.15) is 0 Å². The van der Waals surface area contributed by atoms with Crippen molar-refractivity contribution in [3.8, 4) is 0 Å². The molecule has 1 aliphatic rings. The summed E-state index contributed by atoms with van der Waals surface area (Å²) in [5.41, 5.74) is 6.92. The molecular formula is C23H24N2. The Morgan fingerprint density at radius 1 is 0.880 bits per heavy atom. The summed E-state index contributed by atoms with van der Waals surface area (Å²) in [7, 11) is 0. The monoisotopic (exact) mass is 328 g/mol. The molecule has 1 aromatic heterocycles. The highest BCUT2D eigenvalue weighted by Crippen LogP contribution is 2.45. The van der Waals surface area contributed by atoms with Crippen LogP contribution in [-0.4, -0.2) is 16.2 Å². The molecule has 2 aromatic carbocycles. The molecule has 0 spiro atoms. The van der Waals surface area contributed by atoms with Crippen LogP contribution in [0.1, 0.15) is 49.9 Å². The molecule has 0 saturated carbocycles. The van der Waals surface area contributed by atoms with Crippen molar-refractivity contribution in [1.82, 2.24) is 4.98 Å². The molecule has 0 aliphatic carbocycles. The lowest BCUT2D eigenvalue weighted by molar-refractivity contribution is 0.302. The van der Waals surface area contributed by atoms with Crippen LogP contribution in [0.15, 0.2) is 59.7 Å². The molecule has 2 heteroatoms. The number of para-hydroxylation sites is 1. The second kappa shape index (κ2) is 5.26. The Hall–Kier alpha value is -2.48. The van der Waals surface area contributed by atoms with E-state index in [0.717, 1.165) is 22.2 Å². The van der Waals surface area contributed by atoms with Gasteiger partial charge in [-0.3, -0.25) is 9.98 Å². The van der Waals surface area contributed by atoms with Gasteiger partial charge in [0.2, 0.25) is 0 Å². The van der Waals surface area contributed by atoms with Crippen LogP contribution in [0, 0.1) is 6.92 Å². The number of aromatic nitrogens is 1. The highest BCUT2D eigenvalue weighted by atomic mass is 14.9. The minimum atomic E-state index is -0.187. The summed E-state index contributed by atoms with van der Waals surface area (Å²) in [6.45, 7) is 11.3. The molecule has 25 heavy (non-hydrogen) atoms. The minimum absolute atomic E-state index is 0.0263. The van der Waals surface area contributed by atoms with E-state index in [4.69, 9.17) is 4.99 Å². The van der Waals surface area contributed by atoms with Crippen molar-refractivity contribution in [1.29, 1.82) is 0 Å². The van der Waals surface area contributed by atoms with E-state index in [1.165, 1.54) is 16.7 Å². The van der Waals surface area contributed by atoms with E-state index in [9.17, 15) is 0 Å². The van der Waals surface area contributed by atoms with Gasteiger partial charge in [-0.15, -0.1) is 0 Å². The SMILES string of the molecule is Cc1cccc2c1C(C)(C)C(C)(C)N=C2c1cnc2ccccc2c1. The summed E-state index contributed by atoms with van der Waals surface area (Å²) in [5, 5.41) is 1.15. The van der Waals surface area contributed by atoms with Gasteiger partial charge >= 0.3 is 0 Å². The van der Waals surface area contributed by atoms with Gasteiger partial charge in [0.05, 0.1) is 16.8 Å². The number of benzene rings is 2. The smallest absolute Gasteiger partial charge is 0.0744 e. The van der Waals surface area contributed by atoms with Gasteiger partial charge in [-0.05, 0) is 44.0 Å². The van der Waals surface area contributed by atoms with Crippen LogP contribution in [0.5, 0.6) is 0 Å². The fraction of sp³-hybridized carbons (Fsp3) is 0.304. The summed E-state index contributed by atoms with van der Waals surface area (Å²) in [4.78, 5) is 9.86. The zero-order chi connectivity index (χ0) is 17.8. The predicted octanol–water partition coefficient (Wildman–Crippen LogP) is 5.45. The maximum atomic E-state index is 5.20. The summed E-state index contributed by atoms with van der Waals surface area (Å²) >= 11 is 0. The lowest BCUT2D eigenvalue weighted by atomic mass is 9.64. The molecular weight excluding hydrogens is 304 g/mol. The molecule has 0 N–H and O–H groups in total. The Labute approximate surface area is 149 Å². The predicted molar refractivity (Wildman–Crippen MR) is 106 cm³/mol. The van der Waals surface area contributed by atoms with Crippen LogP contribution >= 0.6 is 0 Å². The first kappa shape index (κ1) is 16.0. The zero-order valence-electron chi connectivity index (χ0n) is 15.6. The molecule has 0 unspecified atom stereocenters. The van der Waals surface area contributed by atoms with Crippen LogP contribution in [0.25, 0.3) is 10.9 Å². The topological polar surface area (TPSA) is 25.2 Å². The number of nitrogens with zero attached hydrogens (tertiary/aromatic N) is 2. The zero-order valence-corrected chi connectivity index (χ0v) is 15.6. The van der Waals surface area contributed by atoms with Crippen LogP contribution in [0.4, 0.5) is 0 Å². The molecule has 0 saturated heterocycles. The summed E-state index contributed by atoms with van der Waals surface area (Å²) in [5.74, 6) is 0. The fourth-order valence-corrected chi connectivity index (χ4v) is 3.90. The molecule has 0 amide bonds. The highest BCUT2D eigenvalue weighted by Gasteiger charge is 2.44. The Kier molecular flexibility index (Phi) is 3.37. The second-order valence-corrected chi connectivity index (χ2v) is 8.06. The first-order valence-corrected chi connectivity index (χ1v) is 8.87. The van der Waals surface area contributed by atoms with E-state index in [-0.39, 0.29) is 11.0 Å². The van der Waals surface area contributed by atoms with Crippen molar-refractivity contribution in [2.45, 2.75) is 45.6 Å². The van der Waals surface area contributed by atoms with E-state index in [1.54, 1.807) is 0 Å². The quantitative estimate of drug-likeness (QED) is 0.583. The van der Waals surface area contributed by atoms with Gasteiger partial charge in [0.15, 0.2) is 0 Å². The number of aryl methyl sites for hydroxylation is 1. The third kappa shape index (κ3) is 2.31. The molecule has 2 nitrogen and oxygen atoms in total. The summed E-state index contributed by atoms with van der Waals surface area (Å²) in [6, 6.07) is 17.0. The van der Waals surface area contributed by atoms with Gasteiger partial charge in [0.1, 0.15) is 0 Å². The third-order valence-corrected chi connectivity index (χ3v) is 5.94. The molecule has 3 aromatic rings. The van der Waals surface area contributed by atoms with Gasteiger partial charge < -0.3 is 0 Å². The van der Waals surface area contributed by atoms with Crippen molar-refractivity contribution in [2.75, 3.05) is 0 Å². The van der Waals surface area contributed by atoms with Crippen LogP contribution in [-0.2, 0) is 5.41 Å². The van der Waals surface area contributed by atoms with Gasteiger partial charge in [0.25, 0.3) is 0 Å². The summed E-state index contributed by atoms with van der Waals surface area (Å²) in [6.07, 6.45) is 1.96. The third-order valence-electron chi connectivity index (χ3n) is 5.94. The molecule has 0 fully saturated rings. The van der Waals surface area contributed by atoms with Gasteiger partial charge in [-0.25, -0.2) is 0 Å². The van der Waals surface area contributed by atoms with Crippen LogP contribution < -0.4 is 0 Å². The number of pyridine rings is 1. The molecule has 2 heterocycles. The number of fused-ring (bicyclic) bond motifs is 2. The standard InChI is InChI=1S/C23H24N2/c1-15-9-8-11-18-20(15)22(2,3)23(4,5)25-21(18)17-13-16-10-6-7-12-19(16)24-14-17/h6-14H,1-5H3. The number of aliphatic imine (C=N–C) groups is 1. The van der Waals surface area contributed by atoms with Crippen molar-refractivity contribution in [3.63, 3.8) is 0 Å². The molecule has 0 bridgehead atoms. The molecule has 126 valence electrons. The van der Waals surface area contributed by atoms with E-state index in [0.29, 0.717) is 0 Å². The van der Waals surface area contributed by atoms with Gasteiger partial charge in [-0.1, -0.05) is 50.2 Å². The maximum Gasteiger partial charge on any atom is 0.0744 e. The maximum absolute atomic E-state index is 5.20. The van der Waals surface area contributed by atoms with Gasteiger partial charge in [0, 0.05) is 28.1 Å². The molecule has 4 rings (SSSR count). The summed E-state index contributed by atoms with van der Waals surface area (Å²) < 4.78 is 0. The van der Waals surface area contributed by atoms with E-state index in [1.807, 2.05) is 18.3 Å². The molecule has 1 aliphatic heterocycles. The van der Waals surface area contributed by atoms with Crippen LogP contribution in [0.2, 0.25) is 0 Å². The van der Waals surface area contributed by atoms with Crippen molar-refractivity contribution < 1.29 is 0 Å². The molecule has 0 atom stereocenters. The number of hydrogen-bond donors (Lipinski definition) is 0. The first-order chi connectivity index (χ1) is 11.8. The Balaban J connectivity index is 2.00. The Morgan fingerprint density at radius 2 is 1.64 bits per heavy atom. The lowest BCUT2D eigenvalue weighted by Gasteiger charge is -2.45. The van der Waals surface area contributed by atoms with Crippen molar-refractivity contribution in [3.05, 3.63) is 77.0 Å². The van der Waals surface area contributed by atoms with E-state index in [2.05, 4.69) is 76.0 Å². The second-order valence-electron chi connectivity index (χ2n) is 8.06. The lowest BCUT2D eigenvalue weighted by Crippen LogP contribution is -2.46. The minimum Gasteiger partial charge on any atom is -0.277 e. The van der Waals surface area contributed by atoms with Crippen molar-refractivity contribution >= 4 is 16.6 Å². The Morgan fingerprint density at radius 3 is 2.44 bits per heavy atom. The number of hydrogen-bond acceptors (Lipinski definition) is 2. The first-order valence-electron chi connectivity index (χ1n) is 8.87. The van der Waals surface area contributed by atoms with E-state index < -0.39 is 0 Å². The highest BCUT2D eigenvalue weighted by molar-refractivity contribution is 6.16.